The summed E-state index contributed by atoms with van der Waals surface area (Å²) in [5.74, 6) is -1.73. The van der Waals surface area contributed by atoms with Gasteiger partial charge in [-0.25, -0.2) is 0 Å². The smallest absolute Gasteiger partial charge is 0.344 e. The van der Waals surface area contributed by atoms with Crippen molar-refractivity contribution in [1.82, 2.24) is 4.90 Å². The van der Waals surface area contributed by atoms with Crippen LogP contribution in [0.5, 0.6) is 0 Å². The maximum Gasteiger partial charge on any atom is 0.391 e. The highest BCUT2D eigenvalue weighted by molar-refractivity contribution is 6.18. The summed E-state index contributed by atoms with van der Waals surface area (Å²) in [6.07, 6.45) is -3.08. The molecule has 1 aliphatic rings. The van der Waals surface area contributed by atoms with Gasteiger partial charge in [-0.15, -0.1) is 11.6 Å². The Kier molecular flexibility index (Phi) is 5.10. The van der Waals surface area contributed by atoms with Crippen LogP contribution in [0.4, 0.5) is 13.2 Å². The van der Waals surface area contributed by atoms with Crippen LogP contribution in [0.2, 0.25) is 0 Å². The molecule has 0 N–H and O–H groups in total. The Morgan fingerprint density at radius 2 is 2.06 bits per heavy atom. The Morgan fingerprint density at radius 1 is 1.41 bits per heavy atom. The molecule has 0 heterocycles. The average molecular weight is 272 g/mol. The fourth-order valence-corrected chi connectivity index (χ4v) is 2.51. The molecule has 100 valence electrons. The SMILES string of the molecule is CN(CCCl)C(=O)C1CCCC(C(F)(F)F)C1. The quantitative estimate of drug-likeness (QED) is 0.723. The van der Waals surface area contributed by atoms with Crippen molar-refractivity contribution >= 4 is 17.5 Å². The highest BCUT2D eigenvalue weighted by atomic mass is 35.5. The number of carbonyl (C=O) groups is 1. The monoisotopic (exact) mass is 271 g/mol. The van der Waals surface area contributed by atoms with Gasteiger partial charge in [0.15, 0.2) is 0 Å². The molecule has 0 radical (unpaired) electrons. The van der Waals surface area contributed by atoms with E-state index in [1.165, 1.54) is 4.90 Å². The number of halogens is 4. The number of carbonyl (C=O) groups excluding carboxylic acids is 1. The lowest BCUT2D eigenvalue weighted by atomic mass is 9.80. The molecule has 2 unspecified atom stereocenters. The van der Waals surface area contributed by atoms with E-state index in [9.17, 15) is 18.0 Å². The van der Waals surface area contributed by atoms with Gasteiger partial charge in [-0.2, -0.15) is 13.2 Å². The molecule has 0 aliphatic heterocycles. The molecule has 2 nitrogen and oxygen atoms in total. The summed E-state index contributed by atoms with van der Waals surface area (Å²) in [4.78, 5) is 13.3. The van der Waals surface area contributed by atoms with E-state index in [0.717, 1.165) is 0 Å². The number of hydrogen-bond acceptors (Lipinski definition) is 1. The molecule has 0 saturated heterocycles. The van der Waals surface area contributed by atoms with Crippen LogP contribution >= 0.6 is 11.6 Å². The van der Waals surface area contributed by atoms with Gasteiger partial charge in [0.25, 0.3) is 0 Å². The van der Waals surface area contributed by atoms with E-state index in [2.05, 4.69) is 0 Å². The Bertz CT molecular complexity index is 270. The third kappa shape index (κ3) is 4.05. The molecule has 2 atom stereocenters. The predicted octanol–water partition coefficient (Wildman–Crippen LogP) is 3.05. The van der Waals surface area contributed by atoms with Crippen LogP contribution in [0.25, 0.3) is 0 Å². The molecular formula is C11H17ClF3NO. The number of amides is 1. The number of alkyl halides is 4. The molecule has 0 bridgehead atoms. The number of rotatable bonds is 3. The molecule has 1 rings (SSSR count). The maximum absolute atomic E-state index is 12.6. The Balaban J connectivity index is 2.57. The van der Waals surface area contributed by atoms with E-state index in [1.807, 2.05) is 0 Å². The first-order chi connectivity index (χ1) is 7.86. The third-order valence-corrected chi connectivity index (χ3v) is 3.45. The average Bonchev–Trinajstić information content (AvgIpc) is 2.27. The molecule has 6 heteroatoms. The first-order valence-electron chi connectivity index (χ1n) is 5.74. The lowest BCUT2D eigenvalue weighted by Crippen LogP contribution is -2.39. The molecule has 1 fully saturated rings. The summed E-state index contributed by atoms with van der Waals surface area (Å²) >= 11 is 5.51. The van der Waals surface area contributed by atoms with Crippen molar-refractivity contribution in [2.45, 2.75) is 31.9 Å². The van der Waals surface area contributed by atoms with Crippen molar-refractivity contribution in [1.29, 1.82) is 0 Å². The maximum atomic E-state index is 12.6. The van der Waals surface area contributed by atoms with Gasteiger partial charge in [-0.1, -0.05) is 6.42 Å². The topological polar surface area (TPSA) is 20.3 Å². The van der Waals surface area contributed by atoms with Gasteiger partial charge < -0.3 is 4.90 Å². The molecule has 1 aliphatic carbocycles. The van der Waals surface area contributed by atoms with Crippen LogP contribution in [0.3, 0.4) is 0 Å². The highest BCUT2D eigenvalue weighted by Crippen LogP contribution is 2.40. The summed E-state index contributed by atoms with van der Waals surface area (Å²) < 4.78 is 37.7. The molecule has 0 spiro atoms. The first kappa shape index (κ1) is 14.6. The van der Waals surface area contributed by atoms with Crippen molar-refractivity contribution in [2.75, 3.05) is 19.5 Å². The Morgan fingerprint density at radius 3 is 2.59 bits per heavy atom. The van der Waals surface area contributed by atoms with Crippen molar-refractivity contribution in [3.05, 3.63) is 0 Å². The third-order valence-electron chi connectivity index (χ3n) is 3.28. The van der Waals surface area contributed by atoms with E-state index in [-0.39, 0.29) is 18.7 Å². The molecular weight excluding hydrogens is 255 g/mol. The van der Waals surface area contributed by atoms with Crippen LogP contribution in [0.15, 0.2) is 0 Å². The second kappa shape index (κ2) is 5.94. The minimum atomic E-state index is -4.18. The molecule has 0 aromatic rings. The van der Waals surface area contributed by atoms with E-state index in [4.69, 9.17) is 11.6 Å². The van der Waals surface area contributed by atoms with Crippen molar-refractivity contribution < 1.29 is 18.0 Å². The molecule has 0 aromatic carbocycles. The zero-order valence-corrected chi connectivity index (χ0v) is 10.5. The zero-order chi connectivity index (χ0) is 13.1. The normalized spacial score (nSPS) is 25.7. The van der Waals surface area contributed by atoms with Crippen molar-refractivity contribution in [2.24, 2.45) is 11.8 Å². The standard InChI is InChI=1S/C11H17ClF3NO/c1-16(6-5-12)10(17)8-3-2-4-9(7-8)11(13,14)15/h8-9H,2-7H2,1H3. The van der Waals surface area contributed by atoms with Crippen LogP contribution < -0.4 is 0 Å². The Labute approximate surface area is 104 Å². The Hall–Kier alpha value is -0.450. The van der Waals surface area contributed by atoms with Gasteiger partial charge in [-0.05, 0) is 19.3 Å². The van der Waals surface area contributed by atoms with Crippen LogP contribution in [-0.4, -0.2) is 36.5 Å². The summed E-state index contributed by atoms with van der Waals surface area (Å²) in [7, 11) is 1.59. The summed E-state index contributed by atoms with van der Waals surface area (Å²) in [5.41, 5.74) is 0. The number of hydrogen-bond donors (Lipinski definition) is 0. The predicted molar refractivity (Wildman–Crippen MR) is 59.9 cm³/mol. The summed E-state index contributed by atoms with van der Waals surface area (Å²) in [6, 6.07) is 0. The fraction of sp³-hybridized carbons (Fsp3) is 0.909. The van der Waals surface area contributed by atoms with Gasteiger partial charge in [0, 0.05) is 25.4 Å². The van der Waals surface area contributed by atoms with Gasteiger partial charge in [0.05, 0.1) is 5.92 Å². The van der Waals surface area contributed by atoms with Gasteiger partial charge in [-0.3, -0.25) is 4.79 Å². The summed E-state index contributed by atoms with van der Waals surface area (Å²) in [5, 5.41) is 0. The second-order valence-electron chi connectivity index (χ2n) is 4.55. The van der Waals surface area contributed by atoms with E-state index >= 15 is 0 Å². The van der Waals surface area contributed by atoms with Crippen LogP contribution in [0.1, 0.15) is 25.7 Å². The van der Waals surface area contributed by atoms with Gasteiger partial charge in [0.2, 0.25) is 5.91 Å². The minimum absolute atomic E-state index is 0.0744. The molecule has 1 amide bonds. The highest BCUT2D eigenvalue weighted by Gasteiger charge is 2.43. The first-order valence-corrected chi connectivity index (χ1v) is 6.27. The molecule has 17 heavy (non-hydrogen) atoms. The second-order valence-corrected chi connectivity index (χ2v) is 4.93. The summed E-state index contributed by atoms with van der Waals surface area (Å²) in [6.45, 7) is 0.383. The van der Waals surface area contributed by atoms with Crippen LogP contribution in [0, 0.1) is 11.8 Å². The zero-order valence-electron chi connectivity index (χ0n) is 9.76. The lowest BCUT2D eigenvalue weighted by Gasteiger charge is -2.31. The van der Waals surface area contributed by atoms with Gasteiger partial charge >= 0.3 is 6.18 Å². The van der Waals surface area contributed by atoms with E-state index < -0.39 is 18.0 Å². The van der Waals surface area contributed by atoms with E-state index in [0.29, 0.717) is 25.3 Å². The minimum Gasteiger partial charge on any atom is -0.344 e. The fourth-order valence-electron chi connectivity index (χ4n) is 2.26. The van der Waals surface area contributed by atoms with Gasteiger partial charge in [0.1, 0.15) is 0 Å². The van der Waals surface area contributed by atoms with E-state index in [1.54, 1.807) is 7.05 Å². The van der Waals surface area contributed by atoms with Crippen molar-refractivity contribution in [3.63, 3.8) is 0 Å². The number of nitrogens with zero attached hydrogens (tertiary/aromatic N) is 1. The van der Waals surface area contributed by atoms with Crippen molar-refractivity contribution in [3.8, 4) is 0 Å². The largest absolute Gasteiger partial charge is 0.391 e. The van der Waals surface area contributed by atoms with Crippen LogP contribution in [-0.2, 0) is 4.79 Å². The molecule has 1 saturated carbocycles. The molecule has 0 aromatic heterocycles. The lowest BCUT2D eigenvalue weighted by molar-refractivity contribution is -0.187.